The van der Waals surface area contributed by atoms with Crippen LogP contribution in [0.5, 0.6) is 5.88 Å². The highest BCUT2D eigenvalue weighted by Crippen LogP contribution is 2.21. The van der Waals surface area contributed by atoms with Gasteiger partial charge in [0.2, 0.25) is 5.88 Å². The smallest absolute Gasteiger partial charge is 0.390 e. The highest BCUT2D eigenvalue weighted by atomic mass is 35.5. The van der Waals surface area contributed by atoms with Crippen molar-refractivity contribution in [2.45, 2.75) is 18.7 Å². The first-order valence-corrected chi connectivity index (χ1v) is 4.84. The number of pyridine rings is 1. The lowest BCUT2D eigenvalue weighted by molar-refractivity contribution is -0.276. The number of nitrogens with one attached hydrogen (secondary N) is 1. The van der Waals surface area contributed by atoms with Crippen molar-refractivity contribution in [3.05, 3.63) is 27.5 Å². The third kappa shape index (κ3) is 3.67. The first-order valence-electron chi connectivity index (χ1n) is 4.31. The quantitative estimate of drug-likeness (QED) is 0.852. The Morgan fingerprint density at radius 1 is 1.53 bits per heavy atom. The highest BCUT2D eigenvalue weighted by Gasteiger charge is 2.32. The Kier molecular flexibility index (Phi) is 4.02. The monoisotopic (exact) mass is 266 g/mol. The number of aromatic nitrogens is 1. The summed E-state index contributed by atoms with van der Waals surface area (Å²) >= 11 is 5.47. The zero-order valence-corrected chi connectivity index (χ0v) is 9.02. The summed E-state index contributed by atoms with van der Waals surface area (Å²) in [6, 6.07) is 2.67. The zero-order chi connectivity index (χ0) is 13.1. The van der Waals surface area contributed by atoms with E-state index in [0.29, 0.717) is 0 Å². The SMILES string of the molecule is N#CCc1cc(OC(F)(F)F)[nH]c(=O)c1CCl. The maximum atomic E-state index is 11.9. The van der Waals surface area contributed by atoms with Crippen LogP contribution < -0.4 is 10.3 Å². The molecule has 1 aromatic rings. The van der Waals surface area contributed by atoms with Crippen LogP contribution >= 0.6 is 11.6 Å². The molecule has 8 heteroatoms. The van der Waals surface area contributed by atoms with Crippen LogP contribution in [0.15, 0.2) is 10.9 Å². The van der Waals surface area contributed by atoms with Gasteiger partial charge in [0.05, 0.1) is 18.4 Å². The molecule has 1 N–H and O–H groups in total. The first kappa shape index (κ1) is 13.4. The van der Waals surface area contributed by atoms with Gasteiger partial charge in [-0.25, -0.2) is 0 Å². The number of alkyl halides is 4. The van der Waals surface area contributed by atoms with E-state index in [0.717, 1.165) is 6.07 Å². The Morgan fingerprint density at radius 3 is 2.65 bits per heavy atom. The van der Waals surface area contributed by atoms with Crippen molar-refractivity contribution >= 4 is 11.6 Å². The summed E-state index contributed by atoms with van der Waals surface area (Å²) in [7, 11) is 0. The standard InChI is InChI=1S/C9H6ClF3N2O2/c10-4-6-5(1-2-14)3-7(15-8(6)16)17-9(11,12)13/h3H,1,4H2,(H,15,16). The molecule has 0 fully saturated rings. The number of hydrogen-bond donors (Lipinski definition) is 1. The average molecular weight is 267 g/mol. The molecule has 1 heterocycles. The molecule has 0 aliphatic carbocycles. The minimum absolute atomic E-state index is 0.0581. The van der Waals surface area contributed by atoms with Crippen molar-refractivity contribution in [3.8, 4) is 11.9 Å². The molecule has 0 saturated carbocycles. The van der Waals surface area contributed by atoms with E-state index in [1.54, 1.807) is 6.07 Å². The Balaban J connectivity index is 3.21. The summed E-state index contributed by atoms with van der Waals surface area (Å²) in [4.78, 5) is 13.2. The number of hydrogen-bond acceptors (Lipinski definition) is 3. The molecule has 92 valence electrons. The molecule has 0 radical (unpaired) electrons. The van der Waals surface area contributed by atoms with Gasteiger partial charge < -0.3 is 4.74 Å². The Morgan fingerprint density at radius 2 is 2.18 bits per heavy atom. The van der Waals surface area contributed by atoms with Crippen molar-refractivity contribution in [2.24, 2.45) is 0 Å². The lowest BCUT2D eigenvalue weighted by Crippen LogP contribution is -2.22. The minimum Gasteiger partial charge on any atom is -0.390 e. The fraction of sp³-hybridized carbons (Fsp3) is 0.333. The van der Waals surface area contributed by atoms with Gasteiger partial charge in [-0.3, -0.25) is 9.78 Å². The molecule has 0 amide bonds. The molecule has 17 heavy (non-hydrogen) atoms. The number of nitriles is 1. The second-order valence-electron chi connectivity index (χ2n) is 2.98. The number of rotatable bonds is 3. The predicted octanol–water partition coefficient (Wildman–Crippen LogP) is 2.08. The van der Waals surface area contributed by atoms with E-state index in [1.165, 1.54) is 0 Å². The van der Waals surface area contributed by atoms with Crippen LogP contribution in [0.3, 0.4) is 0 Å². The molecule has 0 unspecified atom stereocenters. The van der Waals surface area contributed by atoms with Gasteiger partial charge in [-0.05, 0) is 5.56 Å². The normalized spacial score (nSPS) is 11.0. The number of H-pyrrole nitrogens is 1. The summed E-state index contributed by atoms with van der Waals surface area (Å²) in [6.07, 6.45) is -5.13. The van der Waals surface area contributed by atoms with Gasteiger partial charge in [-0.2, -0.15) is 5.26 Å². The fourth-order valence-corrected chi connectivity index (χ4v) is 1.48. The molecule has 0 saturated heterocycles. The molecular weight excluding hydrogens is 261 g/mol. The van der Waals surface area contributed by atoms with Gasteiger partial charge in [-0.1, -0.05) is 0 Å². The molecule has 0 aliphatic heterocycles. The van der Waals surface area contributed by atoms with Gasteiger partial charge >= 0.3 is 6.36 Å². The molecule has 4 nitrogen and oxygen atoms in total. The van der Waals surface area contributed by atoms with E-state index in [4.69, 9.17) is 16.9 Å². The van der Waals surface area contributed by atoms with Crippen LogP contribution in [0.2, 0.25) is 0 Å². The first-order chi connectivity index (χ1) is 7.87. The molecule has 0 aliphatic rings. The Bertz CT molecular complexity index is 504. The number of aromatic amines is 1. The van der Waals surface area contributed by atoms with Gasteiger partial charge in [0.15, 0.2) is 0 Å². The summed E-state index contributed by atoms with van der Waals surface area (Å²) in [5, 5.41) is 8.49. The van der Waals surface area contributed by atoms with Gasteiger partial charge in [0.1, 0.15) is 0 Å². The number of halogens is 4. The topological polar surface area (TPSA) is 65.9 Å². The van der Waals surface area contributed by atoms with Gasteiger partial charge in [-0.15, -0.1) is 24.8 Å². The Hall–Kier alpha value is -1.68. The minimum atomic E-state index is -4.91. The van der Waals surface area contributed by atoms with Crippen molar-refractivity contribution in [3.63, 3.8) is 0 Å². The third-order valence-corrected chi connectivity index (χ3v) is 2.10. The second kappa shape index (κ2) is 5.10. The molecule has 0 aromatic carbocycles. The maximum absolute atomic E-state index is 11.9. The van der Waals surface area contributed by atoms with Crippen molar-refractivity contribution in [1.29, 1.82) is 5.26 Å². The lowest BCUT2D eigenvalue weighted by atomic mass is 10.1. The molecule has 1 aromatic heterocycles. The summed E-state index contributed by atoms with van der Waals surface area (Å²) < 4.78 is 39.4. The van der Waals surface area contributed by atoms with Crippen molar-refractivity contribution < 1.29 is 17.9 Å². The predicted molar refractivity (Wildman–Crippen MR) is 52.6 cm³/mol. The molecule has 0 atom stereocenters. The lowest BCUT2D eigenvalue weighted by Gasteiger charge is -2.10. The maximum Gasteiger partial charge on any atom is 0.574 e. The number of ether oxygens (including phenoxy) is 1. The second-order valence-corrected chi connectivity index (χ2v) is 3.25. The summed E-state index contributed by atoms with van der Waals surface area (Å²) in [5.41, 5.74) is -0.625. The zero-order valence-electron chi connectivity index (χ0n) is 8.27. The molecule has 0 spiro atoms. The Labute approximate surface area is 98.6 Å². The van der Waals surface area contributed by atoms with E-state index < -0.39 is 17.8 Å². The van der Waals surface area contributed by atoms with Gasteiger partial charge in [0.25, 0.3) is 5.56 Å². The highest BCUT2D eigenvalue weighted by molar-refractivity contribution is 6.17. The van der Waals surface area contributed by atoms with E-state index in [9.17, 15) is 18.0 Å². The van der Waals surface area contributed by atoms with Gasteiger partial charge in [0, 0.05) is 11.6 Å². The van der Waals surface area contributed by atoms with E-state index >= 15 is 0 Å². The van der Waals surface area contributed by atoms with Crippen molar-refractivity contribution in [2.75, 3.05) is 0 Å². The van der Waals surface area contributed by atoms with Crippen LogP contribution in [0, 0.1) is 11.3 Å². The van der Waals surface area contributed by atoms with Crippen LogP contribution in [0.4, 0.5) is 13.2 Å². The largest absolute Gasteiger partial charge is 0.574 e. The molecule has 0 bridgehead atoms. The van der Waals surface area contributed by atoms with Crippen molar-refractivity contribution in [1.82, 2.24) is 4.98 Å². The summed E-state index contributed by atoms with van der Waals surface area (Å²) in [6.45, 7) is 0. The van der Waals surface area contributed by atoms with Crippen LogP contribution in [-0.4, -0.2) is 11.3 Å². The van der Waals surface area contributed by atoms with E-state index in [1.807, 2.05) is 4.98 Å². The van der Waals surface area contributed by atoms with Crippen LogP contribution in [0.1, 0.15) is 11.1 Å². The molecular formula is C9H6ClF3N2O2. The average Bonchev–Trinajstić information content (AvgIpc) is 2.15. The van der Waals surface area contributed by atoms with E-state index in [2.05, 4.69) is 4.74 Å². The van der Waals surface area contributed by atoms with Crippen LogP contribution in [-0.2, 0) is 12.3 Å². The van der Waals surface area contributed by atoms with E-state index in [-0.39, 0.29) is 23.4 Å². The number of nitrogens with zero attached hydrogens (tertiary/aromatic N) is 1. The fourth-order valence-electron chi connectivity index (χ4n) is 1.18. The third-order valence-electron chi connectivity index (χ3n) is 1.83. The molecule has 1 rings (SSSR count). The van der Waals surface area contributed by atoms with Crippen LogP contribution in [0.25, 0.3) is 0 Å². The summed E-state index contributed by atoms with van der Waals surface area (Å²) in [5.74, 6) is -0.958.